The van der Waals surface area contributed by atoms with Crippen LogP contribution in [0.15, 0.2) is 36.5 Å². The summed E-state index contributed by atoms with van der Waals surface area (Å²) in [6.45, 7) is 5.50. The number of aryl methyl sites for hydroxylation is 1. The zero-order chi connectivity index (χ0) is 21.3. The highest BCUT2D eigenvalue weighted by Gasteiger charge is 2.41. The van der Waals surface area contributed by atoms with Crippen molar-refractivity contribution < 1.29 is 19.4 Å². The molecule has 2 fully saturated rings. The lowest BCUT2D eigenvalue weighted by Crippen LogP contribution is -2.30. The number of nitrogens with zero attached hydrogens (tertiary/aromatic N) is 2. The van der Waals surface area contributed by atoms with Crippen molar-refractivity contribution in [2.24, 2.45) is 11.8 Å². The summed E-state index contributed by atoms with van der Waals surface area (Å²) in [5, 5.41) is 12.7. The number of pyridine rings is 1. The topological polar surface area (TPSA) is 91.8 Å². The number of aliphatic hydroxyl groups excluding tert-OH is 1. The standard InChI is InChI=1S/C23H27N3O4/c1-3-30-22-19(5-4-8-24-22)21(28)25-20-11-15(7-6-14(20)2)23(29)26-12-16-9-18(27)10-17(16)13-26/h4-8,11,16-18,27H,3,9-10,12-13H2,1-2H3,(H,25,28)/t16-,17+,18?. The average molecular weight is 409 g/mol. The Balaban J connectivity index is 1.50. The SMILES string of the molecule is CCOc1ncccc1C(=O)Nc1cc(C(=O)N2C[C@H]3CC(O)C[C@H]3C2)ccc1C. The van der Waals surface area contributed by atoms with Gasteiger partial charge in [0.25, 0.3) is 11.8 Å². The molecule has 7 heteroatoms. The molecule has 2 aromatic rings. The molecule has 0 radical (unpaired) electrons. The number of carbonyl (C=O) groups excluding carboxylic acids is 2. The molecular weight excluding hydrogens is 382 g/mol. The minimum absolute atomic E-state index is 0.0363. The summed E-state index contributed by atoms with van der Waals surface area (Å²) in [5.41, 5.74) is 2.35. The Bertz CT molecular complexity index is 947. The van der Waals surface area contributed by atoms with Crippen LogP contribution in [0.3, 0.4) is 0 Å². The fraction of sp³-hybridized carbons (Fsp3) is 0.435. The van der Waals surface area contributed by atoms with Crippen molar-refractivity contribution in [2.75, 3.05) is 25.0 Å². The van der Waals surface area contributed by atoms with Gasteiger partial charge < -0.3 is 20.1 Å². The second kappa shape index (κ2) is 8.44. The Morgan fingerprint density at radius 2 is 1.97 bits per heavy atom. The molecule has 1 aromatic carbocycles. The summed E-state index contributed by atoms with van der Waals surface area (Å²) in [7, 11) is 0. The fourth-order valence-corrected chi connectivity index (χ4v) is 4.51. The maximum Gasteiger partial charge on any atom is 0.261 e. The molecule has 1 saturated carbocycles. The molecule has 1 saturated heterocycles. The van der Waals surface area contributed by atoms with Crippen LogP contribution in [-0.4, -0.2) is 52.6 Å². The third-order valence-electron chi connectivity index (χ3n) is 6.04. The number of amides is 2. The number of aromatic nitrogens is 1. The summed E-state index contributed by atoms with van der Waals surface area (Å²) < 4.78 is 5.45. The molecule has 4 rings (SSSR count). The first-order valence-corrected chi connectivity index (χ1v) is 10.4. The van der Waals surface area contributed by atoms with Crippen molar-refractivity contribution in [3.05, 3.63) is 53.2 Å². The lowest BCUT2D eigenvalue weighted by atomic mass is 10.0. The van der Waals surface area contributed by atoms with E-state index < -0.39 is 0 Å². The molecule has 2 N–H and O–H groups in total. The normalized spacial score (nSPS) is 22.6. The van der Waals surface area contributed by atoms with E-state index in [1.807, 2.05) is 24.8 Å². The van der Waals surface area contributed by atoms with Gasteiger partial charge in [-0.3, -0.25) is 9.59 Å². The molecule has 7 nitrogen and oxygen atoms in total. The Morgan fingerprint density at radius 1 is 1.23 bits per heavy atom. The summed E-state index contributed by atoms with van der Waals surface area (Å²) in [6.07, 6.45) is 2.90. The fourth-order valence-electron chi connectivity index (χ4n) is 4.51. The van der Waals surface area contributed by atoms with Gasteiger partial charge >= 0.3 is 0 Å². The molecule has 1 aliphatic carbocycles. The Morgan fingerprint density at radius 3 is 2.67 bits per heavy atom. The first-order valence-electron chi connectivity index (χ1n) is 10.4. The van der Waals surface area contributed by atoms with E-state index in [1.165, 1.54) is 0 Å². The maximum absolute atomic E-state index is 13.0. The van der Waals surface area contributed by atoms with Crippen molar-refractivity contribution in [3.63, 3.8) is 0 Å². The van der Waals surface area contributed by atoms with Crippen LogP contribution in [0.1, 0.15) is 46.0 Å². The van der Waals surface area contributed by atoms with Crippen molar-refractivity contribution in [1.82, 2.24) is 9.88 Å². The largest absolute Gasteiger partial charge is 0.477 e. The molecule has 2 aliphatic rings. The van der Waals surface area contributed by atoms with E-state index in [0.29, 0.717) is 48.3 Å². The van der Waals surface area contributed by atoms with Crippen molar-refractivity contribution in [1.29, 1.82) is 0 Å². The molecule has 1 unspecified atom stereocenters. The lowest BCUT2D eigenvalue weighted by Gasteiger charge is -2.19. The van der Waals surface area contributed by atoms with Gasteiger partial charge in [-0.1, -0.05) is 6.07 Å². The molecule has 2 amide bonds. The number of nitrogens with one attached hydrogen (secondary N) is 1. The van der Waals surface area contributed by atoms with E-state index in [1.54, 1.807) is 30.5 Å². The first kappa shape index (κ1) is 20.3. The lowest BCUT2D eigenvalue weighted by molar-refractivity contribution is 0.0765. The van der Waals surface area contributed by atoms with Crippen LogP contribution in [0.5, 0.6) is 5.88 Å². The van der Waals surface area contributed by atoms with Crippen molar-refractivity contribution in [2.45, 2.75) is 32.8 Å². The molecule has 3 atom stereocenters. The molecule has 1 aromatic heterocycles. The van der Waals surface area contributed by atoms with Crippen LogP contribution in [-0.2, 0) is 0 Å². The van der Waals surface area contributed by atoms with Gasteiger partial charge in [-0.15, -0.1) is 0 Å². The zero-order valence-electron chi connectivity index (χ0n) is 17.3. The van der Waals surface area contributed by atoms with Crippen LogP contribution in [0, 0.1) is 18.8 Å². The van der Waals surface area contributed by atoms with Gasteiger partial charge in [0.2, 0.25) is 5.88 Å². The minimum Gasteiger partial charge on any atom is -0.477 e. The van der Waals surface area contributed by atoms with E-state index in [9.17, 15) is 14.7 Å². The highest BCUT2D eigenvalue weighted by Crippen LogP contribution is 2.38. The number of anilines is 1. The van der Waals surface area contributed by atoms with E-state index >= 15 is 0 Å². The summed E-state index contributed by atoms with van der Waals surface area (Å²) >= 11 is 0. The van der Waals surface area contributed by atoms with Crippen LogP contribution >= 0.6 is 0 Å². The number of fused-ring (bicyclic) bond motifs is 1. The number of rotatable bonds is 5. The number of hydrogen-bond acceptors (Lipinski definition) is 5. The number of ether oxygens (including phenoxy) is 1. The summed E-state index contributed by atoms with van der Waals surface area (Å²) in [6, 6.07) is 8.72. The molecule has 0 bridgehead atoms. The van der Waals surface area contributed by atoms with Crippen LogP contribution < -0.4 is 10.1 Å². The van der Waals surface area contributed by atoms with Gasteiger partial charge in [0.05, 0.1) is 12.7 Å². The molecule has 1 aliphatic heterocycles. The molecule has 158 valence electrons. The second-order valence-corrected chi connectivity index (χ2v) is 8.13. The third kappa shape index (κ3) is 4.03. The van der Waals surface area contributed by atoms with Crippen LogP contribution in [0.4, 0.5) is 5.69 Å². The van der Waals surface area contributed by atoms with Gasteiger partial charge in [-0.05, 0) is 68.4 Å². The number of hydrogen-bond donors (Lipinski definition) is 2. The first-order chi connectivity index (χ1) is 14.5. The van der Waals surface area contributed by atoms with E-state index in [2.05, 4.69) is 10.3 Å². The highest BCUT2D eigenvalue weighted by molar-refractivity contribution is 6.07. The number of aliphatic hydroxyl groups is 1. The smallest absolute Gasteiger partial charge is 0.261 e. The van der Waals surface area contributed by atoms with E-state index in [-0.39, 0.29) is 23.8 Å². The van der Waals surface area contributed by atoms with Gasteiger partial charge in [-0.2, -0.15) is 0 Å². The average Bonchev–Trinajstić information content (AvgIpc) is 3.27. The predicted octanol–water partition coefficient (Wildman–Crippen LogP) is 2.88. The second-order valence-electron chi connectivity index (χ2n) is 8.13. The molecule has 0 spiro atoms. The highest BCUT2D eigenvalue weighted by atomic mass is 16.5. The van der Waals surface area contributed by atoms with E-state index in [4.69, 9.17) is 4.74 Å². The zero-order valence-corrected chi connectivity index (χ0v) is 17.3. The Labute approximate surface area is 176 Å². The maximum atomic E-state index is 13.0. The van der Waals surface area contributed by atoms with Gasteiger partial charge in [-0.25, -0.2) is 4.98 Å². The van der Waals surface area contributed by atoms with Gasteiger partial charge in [0.1, 0.15) is 5.56 Å². The molecule has 2 heterocycles. The van der Waals surface area contributed by atoms with Gasteiger partial charge in [0.15, 0.2) is 0 Å². The quantitative estimate of drug-likeness (QED) is 0.792. The van der Waals surface area contributed by atoms with Crippen molar-refractivity contribution >= 4 is 17.5 Å². The third-order valence-corrected chi connectivity index (χ3v) is 6.04. The Kier molecular flexibility index (Phi) is 5.72. The Hall–Kier alpha value is -2.93. The van der Waals surface area contributed by atoms with Gasteiger partial charge in [0, 0.05) is 30.5 Å². The number of carbonyl (C=O) groups is 2. The van der Waals surface area contributed by atoms with E-state index in [0.717, 1.165) is 18.4 Å². The summed E-state index contributed by atoms with van der Waals surface area (Å²) in [5.74, 6) is 0.690. The predicted molar refractivity (Wildman–Crippen MR) is 113 cm³/mol. The summed E-state index contributed by atoms with van der Waals surface area (Å²) in [4.78, 5) is 31.8. The number of likely N-dealkylation sites (tertiary alicyclic amines) is 1. The minimum atomic E-state index is -0.330. The van der Waals surface area contributed by atoms with Crippen LogP contribution in [0.2, 0.25) is 0 Å². The monoisotopic (exact) mass is 409 g/mol. The van der Waals surface area contributed by atoms with Crippen molar-refractivity contribution in [3.8, 4) is 5.88 Å². The van der Waals surface area contributed by atoms with Crippen LogP contribution in [0.25, 0.3) is 0 Å². The molecule has 30 heavy (non-hydrogen) atoms. The molecular formula is C23H27N3O4. The number of benzene rings is 1.